The summed E-state index contributed by atoms with van der Waals surface area (Å²) in [5, 5.41) is 0. The smallest absolute Gasteiger partial charge is 0.251 e. The van der Waals surface area contributed by atoms with Gasteiger partial charge >= 0.3 is 0 Å². The van der Waals surface area contributed by atoms with Crippen molar-refractivity contribution in [2.24, 2.45) is 11.7 Å². The number of carbonyl (C=O) groups is 1. The van der Waals surface area contributed by atoms with Gasteiger partial charge in [-0.05, 0) is 31.6 Å². The van der Waals surface area contributed by atoms with Gasteiger partial charge in [0.25, 0.3) is 5.91 Å². The number of nitrogens with two attached hydrogens (primary N) is 1. The highest BCUT2D eigenvalue weighted by atomic mass is 16.5. The van der Waals surface area contributed by atoms with Gasteiger partial charge in [0.1, 0.15) is 6.10 Å². The molecular formula is C12H22N2O2. The van der Waals surface area contributed by atoms with Crippen molar-refractivity contribution in [3.8, 4) is 0 Å². The lowest BCUT2D eigenvalue weighted by atomic mass is 9.93. The van der Waals surface area contributed by atoms with Crippen molar-refractivity contribution in [3.63, 3.8) is 0 Å². The number of nitrogens with zero attached hydrogens (tertiary/aromatic N) is 1. The molecule has 3 unspecified atom stereocenters. The molecule has 0 spiro atoms. The van der Waals surface area contributed by atoms with Crippen molar-refractivity contribution >= 4 is 5.91 Å². The van der Waals surface area contributed by atoms with E-state index in [-0.39, 0.29) is 18.1 Å². The number of likely N-dealkylation sites (tertiary alicyclic amines) is 1. The van der Waals surface area contributed by atoms with Crippen LogP contribution < -0.4 is 5.73 Å². The maximum absolute atomic E-state index is 12.2. The van der Waals surface area contributed by atoms with Crippen molar-refractivity contribution in [3.05, 3.63) is 0 Å². The molecule has 2 saturated heterocycles. The average Bonchev–Trinajstić information content (AvgIpc) is 2.33. The van der Waals surface area contributed by atoms with Gasteiger partial charge in [0.2, 0.25) is 0 Å². The summed E-state index contributed by atoms with van der Waals surface area (Å²) in [6.07, 6.45) is 3.88. The quantitative estimate of drug-likeness (QED) is 0.718. The number of piperidine rings is 1. The predicted octanol–water partition coefficient (Wildman–Crippen LogP) is 0.751. The van der Waals surface area contributed by atoms with E-state index < -0.39 is 0 Å². The van der Waals surface area contributed by atoms with Crippen molar-refractivity contribution in [2.75, 3.05) is 19.7 Å². The van der Waals surface area contributed by atoms with Crippen molar-refractivity contribution < 1.29 is 9.53 Å². The molecule has 2 aliphatic rings. The third-order valence-corrected chi connectivity index (χ3v) is 3.78. The molecule has 3 atom stereocenters. The van der Waals surface area contributed by atoms with Gasteiger partial charge in [0, 0.05) is 25.7 Å². The van der Waals surface area contributed by atoms with E-state index in [9.17, 15) is 4.79 Å². The number of rotatable bonds is 1. The second-order valence-corrected chi connectivity index (χ2v) is 5.07. The van der Waals surface area contributed by atoms with Gasteiger partial charge in [-0.2, -0.15) is 0 Å². The summed E-state index contributed by atoms with van der Waals surface area (Å²) in [5.41, 5.74) is 6.00. The number of hydrogen-bond acceptors (Lipinski definition) is 3. The number of ether oxygens (including phenoxy) is 1. The first-order chi connectivity index (χ1) is 7.68. The molecule has 1 amide bonds. The van der Waals surface area contributed by atoms with Crippen LogP contribution >= 0.6 is 0 Å². The number of hydrogen-bond donors (Lipinski definition) is 1. The van der Waals surface area contributed by atoms with E-state index in [0.29, 0.717) is 12.5 Å². The number of amides is 1. The van der Waals surface area contributed by atoms with Crippen LogP contribution in [0, 0.1) is 5.92 Å². The summed E-state index contributed by atoms with van der Waals surface area (Å²) < 4.78 is 5.52. The maximum atomic E-state index is 12.2. The highest BCUT2D eigenvalue weighted by molar-refractivity contribution is 5.81. The number of carbonyl (C=O) groups excluding carboxylic acids is 1. The van der Waals surface area contributed by atoms with Gasteiger partial charge in [-0.25, -0.2) is 0 Å². The fourth-order valence-electron chi connectivity index (χ4n) is 2.44. The Labute approximate surface area is 97.1 Å². The van der Waals surface area contributed by atoms with Gasteiger partial charge in [-0.1, -0.05) is 6.92 Å². The zero-order valence-electron chi connectivity index (χ0n) is 10.0. The van der Waals surface area contributed by atoms with Crippen LogP contribution in [0.25, 0.3) is 0 Å². The average molecular weight is 226 g/mol. The van der Waals surface area contributed by atoms with Crippen LogP contribution in [0.2, 0.25) is 0 Å². The molecule has 0 aliphatic carbocycles. The van der Waals surface area contributed by atoms with Crippen LogP contribution in [0.1, 0.15) is 32.6 Å². The fraction of sp³-hybridized carbons (Fsp3) is 0.917. The highest BCUT2D eigenvalue weighted by Gasteiger charge is 2.31. The molecule has 0 radical (unpaired) electrons. The van der Waals surface area contributed by atoms with Crippen LogP contribution in [0.3, 0.4) is 0 Å². The van der Waals surface area contributed by atoms with E-state index in [1.54, 1.807) is 0 Å². The summed E-state index contributed by atoms with van der Waals surface area (Å²) in [6.45, 7) is 4.42. The van der Waals surface area contributed by atoms with E-state index >= 15 is 0 Å². The third-order valence-electron chi connectivity index (χ3n) is 3.78. The lowest BCUT2D eigenvalue weighted by Crippen LogP contribution is -2.53. The molecule has 0 aromatic carbocycles. The van der Waals surface area contributed by atoms with E-state index in [1.807, 2.05) is 4.90 Å². The molecule has 0 aromatic heterocycles. The zero-order valence-corrected chi connectivity index (χ0v) is 10.0. The van der Waals surface area contributed by atoms with Crippen molar-refractivity contribution in [1.82, 2.24) is 4.90 Å². The topological polar surface area (TPSA) is 55.6 Å². The Morgan fingerprint density at radius 2 is 2.19 bits per heavy atom. The standard InChI is InChI=1S/C12H22N2O2/c1-9-5-6-14(8-10(9)13)12(15)11-4-2-3-7-16-11/h9-11H,2-8,13H2,1H3. The predicted molar refractivity (Wildman–Crippen MR) is 61.9 cm³/mol. The minimum atomic E-state index is -0.200. The van der Waals surface area contributed by atoms with Gasteiger partial charge in [0.05, 0.1) is 0 Å². The lowest BCUT2D eigenvalue weighted by Gasteiger charge is -2.37. The van der Waals surface area contributed by atoms with Crippen molar-refractivity contribution in [1.29, 1.82) is 0 Å². The zero-order chi connectivity index (χ0) is 11.5. The molecule has 2 rings (SSSR count). The third kappa shape index (κ3) is 2.55. The first kappa shape index (κ1) is 11.9. The Morgan fingerprint density at radius 3 is 2.81 bits per heavy atom. The Balaban J connectivity index is 1.89. The minimum absolute atomic E-state index is 0.126. The molecule has 0 aromatic rings. The first-order valence-electron chi connectivity index (χ1n) is 6.34. The monoisotopic (exact) mass is 226 g/mol. The second kappa shape index (κ2) is 5.15. The summed E-state index contributed by atoms with van der Waals surface area (Å²) in [6, 6.07) is 0.126. The SMILES string of the molecule is CC1CCN(C(=O)C2CCCCO2)CC1N. The molecule has 2 fully saturated rings. The summed E-state index contributed by atoms with van der Waals surface area (Å²) in [7, 11) is 0. The van der Waals surface area contributed by atoms with E-state index in [0.717, 1.165) is 38.8 Å². The largest absolute Gasteiger partial charge is 0.368 e. The minimum Gasteiger partial charge on any atom is -0.368 e. The van der Waals surface area contributed by atoms with Crippen LogP contribution in [0.4, 0.5) is 0 Å². The molecule has 2 aliphatic heterocycles. The summed E-state index contributed by atoms with van der Waals surface area (Å²) >= 11 is 0. The Kier molecular flexibility index (Phi) is 3.82. The molecular weight excluding hydrogens is 204 g/mol. The molecule has 0 bridgehead atoms. The van der Waals surface area contributed by atoms with Crippen LogP contribution in [0.5, 0.6) is 0 Å². The molecule has 16 heavy (non-hydrogen) atoms. The van der Waals surface area contributed by atoms with Gasteiger partial charge in [-0.15, -0.1) is 0 Å². The molecule has 4 heteroatoms. The summed E-state index contributed by atoms with van der Waals surface area (Å²) in [5.74, 6) is 0.679. The lowest BCUT2D eigenvalue weighted by molar-refractivity contribution is -0.148. The highest BCUT2D eigenvalue weighted by Crippen LogP contribution is 2.20. The van der Waals surface area contributed by atoms with Crippen LogP contribution in [-0.4, -0.2) is 42.6 Å². The maximum Gasteiger partial charge on any atom is 0.251 e. The van der Waals surface area contributed by atoms with Crippen LogP contribution in [-0.2, 0) is 9.53 Å². The van der Waals surface area contributed by atoms with Crippen molar-refractivity contribution in [2.45, 2.75) is 44.8 Å². The van der Waals surface area contributed by atoms with E-state index in [1.165, 1.54) is 0 Å². The molecule has 2 heterocycles. The van der Waals surface area contributed by atoms with Gasteiger partial charge in [-0.3, -0.25) is 4.79 Å². The molecule has 2 N–H and O–H groups in total. The molecule has 0 saturated carbocycles. The summed E-state index contributed by atoms with van der Waals surface area (Å²) in [4.78, 5) is 14.0. The Morgan fingerprint density at radius 1 is 1.38 bits per heavy atom. The Bertz CT molecular complexity index is 251. The van der Waals surface area contributed by atoms with Gasteiger partial charge in [0.15, 0.2) is 0 Å². The molecule has 4 nitrogen and oxygen atoms in total. The van der Waals surface area contributed by atoms with E-state index in [2.05, 4.69) is 6.92 Å². The first-order valence-corrected chi connectivity index (χ1v) is 6.34. The molecule has 92 valence electrons. The second-order valence-electron chi connectivity index (χ2n) is 5.07. The fourth-order valence-corrected chi connectivity index (χ4v) is 2.44. The van der Waals surface area contributed by atoms with Crippen LogP contribution in [0.15, 0.2) is 0 Å². The normalized spacial score (nSPS) is 36.1. The van der Waals surface area contributed by atoms with E-state index in [4.69, 9.17) is 10.5 Å². The van der Waals surface area contributed by atoms with Gasteiger partial charge < -0.3 is 15.4 Å². The Hall–Kier alpha value is -0.610.